The molecule has 0 aromatic carbocycles. The van der Waals surface area contributed by atoms with Gasteiger partial charge in [-0.25, -0.2) is 0 Å². The average molecular weight is 274 g/mol. The van der Waals surface area contributed by atoms with E-state index in [1.54, 1.807) is 0 Å². The predicted molar refractivity (Wildman–Crippen MR) is 92.8 cm³/mol. The largest absolute Gasteiger partial charge is 0.309 e. The summed E-state index contributed by atoms with van der Waals surface area (Å²) in [6.07, 6.45) is 0. The molecule has 1 atom stereocenters. The van der Waals surface area contributed by atoms with Crippen LogP contribution in [0.2, 0.25) is 0 Å². The van der Waals surface area contributed by atoms with Crippen molar-refractivity contribution in [2.75, 3.05) is 20.6 Å². The molecule has 1 heteroatoms. The van der Waals surface area contributed by atoms with Gasteiger partial charge in [0.15, 0.2) is 0 Å². The molecule has 0 bridgehead atoms. The molecule has 0 saturated carbocycles. The Labute approximate surface area is 125 Å². The first kappa shape index (κ1) is 24.0. The Morgan fingerprint density at radius 1 is 0.737 bits per heavy atom. The number of hydrogen-bond acceptors (Lipinski definition) is 1. The Hall–Kier alpha value is -0.0400. The van der Waals surface area contributed by atoms with E-state index in [0.29, 0.717) is 10.8 Å². The summed E-state index contributed by atoms with van der Waals surface area (Å²) < 4.78 is 0. The smallest absolute Gasteiger partial charge is 0.000592 e. The maximum Gasteiger partial charge on any atom is 0.000592 e. The molecule has 0 fully saturated rings. The van der Waals surface area contributed by atoms with Gasteiger partial charge in [-0.15, -0.1) is 0 Å². The molecular weight excluding hydrogens is 230 g/mol. The highest BCUT2D eigenvalue weighted by Crippen LogP contribution is 2.25. The maximum absolute atomic E-state index is 2.31. The Morgan fingerprint density at radius 2 is 1.00 bits per heavy atom. The number of hydrogen-bond donors (Lipinski definition) is 0. The normalized spacial score (nSPS) is 13.4. The summed E-state index contributed by atoms with van der Waals surface area (Å²) >= 11 is 0. The molecule has 0 radical (unpaired) electrons. The molecule has 0 aliphatic rings. The van der Waals surface area contributed by atoms with Crippen molar-refractivity contribution in [2.24, 2.45) is 22.7 Å². The maximum atomic E-state index is 2.31. The van der Waals surface area contributed by atoms with Gasteiger partial charge in [0.1, 0.15) is 0 Å². The molecule has 0 aliphatic carbocycles. The van der Waals surface area contributed by atoms with Crippen LogP contribution < -0.4 is 0 Å². The molecule has 0 rings (SSSR count). The predicted octanol–water partition coefficient (Wildman–Crippen LogP) is 5.94. The second-order valence-corrected chi connectivity index (χ2v) is 8.05. The van der Waals surface area contributed by atoms with E-state index < -0.39 is 0 Å². The highest BCUT2D eigenvalue weighted by molar-refractivity contribution is 4.71. The lowest BCUT2D eigenvalue weighted by atomic mass is 9.82. The molecule has 120 valence electrons. The molecular formula is C18H43N. The summed E-state index contributed by atoms with van der Waals surface area (Å²) in [7, 11) is 4.25. The van der Waals surface area contributed by atoms with Crippen LogP contribution in [0.4, 0.5) is 0 Å². The summed E-state index contributed by atoms with van der Waals surface area (Å²) in [6.45, 7) is 25.7. The SMILES string of the molecule is CC.CC(C)C(C)(C)C.CC(CN(C)C)C(C)(C)C. The fourth-order valence-electron chi connectivity index (χ4n) is 0.822. The van der Waals surface area contributed by atoms with Gasteiger partial charge in [-0.3, -0.25) is 0 Å². The highest BCUT2D eigenvalue weighted by Gasteiger charge is 2.19. The summed E-state index contributed by atoms with van der Waals surface area (Å²) in [5.41, 5.74) is 0.949. The first-order valence-corrected chi connectivity index (χ1v) is 7.93. The molecule has 0 aromatic heterocycles. The molecule has 0 N–H and O–H groups in total. The van der Waals surface area contributed by atoms with E-state index in [9.17, 15) is 0 Å². The second kappa shape index (κ2) is 10.7. The van der Waals surface area contributed by atoms with E-state index in [1.807, 2.05) is 13.8 Å². The van der Waals surface area contributed by atoms with E-state index in [-0.39, 0.29) is 0 Å². The van der Waals surface area contributed by atoms with Gasteiger partial charge in [0.25, 0.3) is 0 Å². The standard InChI is InChI=1S/C9H21N.C7H16.C2H6/c1-8(7-10(5)6)9(2,3)4;1-6(2)7(3,4)5;1-2/h8H,7H2,1-6H3;6H,1-5H3;1-2H3. The van der Waals surface area contributed by atoms with Crippen LogP contribution in [0.15, 0.2) is 0 Å². The third kappa shape index (κ3) is 18.0. The molecule has 0 aliphatic heterocycles. The van der Waals surface area contributed by atoms with Gasteiger partial charge in [-0.05, 0) is 36.8 Å². The summed E-state index contributed by atoms with van der Waals surface area (Å²) in [5.74, 6) is 1.56. The number of rotatable bonds is 2. The monoisotopic (exact) mass is 273 g/mol. The van der Waals surface area contributed by atoms with Gasteiger partial charge in [-0.2, -0.15) is 0 Å². The molecule has 0 aromatic rings. The summed E-state index contributed by atoms with van der Waals surface area (Å²) in [6, 6.07) is 0. The first-order valence-electron chi connectivity index (χ1n) is 7.93. The van der Waals surface area contributed by atoms with Crippen molar-refractivity contribution >= 4 is 0 Å². The van der Waals surface area contributed by atoms with Crippen LogP contribution >= 0.6 is 0 Å². The second-order valence-electron chi connectivity index (χ2n) is 8.05. The molecule has 0 amide bonds. The Kier molecular flexibility index (Phi) is 13.5. The number of nitrogens with zero attached hydrogens (tertiary/aromatic N) is 1. The highest BCUT2D eigenvalue weighted by atomic mass is 15.1. The Balaban J connectivity index is -0.000000249. The zero-order chi connectivity index (χ0) is 16.4. The van der Waals surface area contributed by atoms with Crippen molar-refractivity contribution in [3.8, 4) is 0 Å². The molecule has 19 heavy (non-hydrogen) atoms. The average Bonchev–Trinajstić information content (AvgIpc) is 2.17. The van der Waals surface area contributed by atoms with Crippen molar-refractivity contribution in [3.63, 3.8) is 0 Å². The van der Waals surface area contributed by atoms with Crippen molar-refractivity contribution < 1.29 is 0 Å². The zero-order valence-electron chi connectivity index (χ0n) is 16.3. The van der Waals surface area contributed by atoms with Crippen molar-refractivity contribution in [1.29, 1.82) is 0 Å². The van der Waals surface area contributed by atoms with E-state index in [2.05, 4.69) is 81.3 Å². The fraction of sp³-hybridized carbons (Fsp3) is 1.00. The van der Waals surface area contributed by atoms with Crippen LogP contribution in [0.3, 0.4) is 0 Å². The van der Waals surface area contributed by atoms with Crippen molar-refractivity contribution in [2.45, 2.75) is 76.2 Å². The fourth-order valence-corrected chi connectivity index (χ4v) is 0.822. The zero-order valence-corrected chi connectivity index (χ0v) is 16.3. The van der Waals surface area contributed by atoms with Crippen molar-refractivity contribution in [3.05, 3.63) is 0 Å². The van der Waals surface area contributed by atoms with Gasteiger partial charge < -0.3 is 4.90 Å². The van der Waals surface area contributed by atoms with E-state index in [0.717, 1.165) is 11.8 Å². The van der Waals surface area contributed by atoms with E-state index in [4.69, 9.17) is 0 Å². The van der Waals surface area contributed by atoms with Crippen LogP contribution in [-0.4, -0.2) is 25.5 Å². The molecule has 1 nitrogen and oxygen atoms in total. The van der Waals surface area contributed by atoms with Crippen LogP contribution in [0, 0.1) is 22.7 Å². The molecule has 1 unspecified atom stereocenters. The van der Waals surface area contributed by atoms with E-state index in [1.165, 1.54) is 6.54 Å². The minimum absolute atomic E-state index is 0.449. The van der Waals surface area contributed by atoms with Crippen molar-refractivity contribution in [1.82, 2.24) is 4.90 Å². The summed E-state index contributed by atoms with van der Waals surface area (Å²) in [5, 5.41) is 0. The molecule has 0 heterocycles. The quantitative estimate of drug-likeness (QED) is 0.601. The van der Waals surface area contributed by atoms with Gasteiger partial charge in [0.2, 0.25) is 0 Å². The van der Waals surface area contributed by atoms with Gasteiger partial charge in [0.05, 0.1) is 0 Å². The molecule has 0 spiro atoms. The lowest BCUT2D eigenvalue weighted by molar-refractivity contribution is 0.202. The van der Waals surface area contributed by atoms with Crippen LogP contribution in [-0.2, 0) is 0 Å². The Morgan fingerprint density at radius 3 is 1.05 bits per heavy atom. The molecule has 0 saturated heterocycles. The Bertz CT molecular complexity index is 179. The lowest BCUT2D eigenvalue weighted by Gasteiger charge is -2.29. The lowest BCUT2D eigenvalue weighted by Crippen LogP contribution is -2.28. The van der Waals surface area contributed by atoms with Crippen LogP contribution in [0.25, 0.3) is 0 Å². The van der Waals surface area contributed by atoms with Gasteiger partial charge in [0, 0.05) is 6.54 Å². The minimum atomic E-state index is 0.449. The van der Waals surface area contributed by atoms with Crippen LogP contribution in [0.1, 0.15) is 76.2 Å². The summed E-state index contributed by atoms with van der Waals surface area (Å²) in [4.78, 5) is 2.25. The van der Waals surface area contributed by atoms with Gasteiger partial charge >= 0.3 is 0 Å². The third-order valence-electron chi connectivity index (χ3n) is 3.85. The van der Waals surface area contributed by atoms with Gasteiger partial charge in [-0.1, -0.05) is 76.2 Å². The minimum Gasteiger partial charge on any atom is -0.309 e. The van der Waals surface area contributed by atoms with Crippen LogP contribution in [0.5, 0.6) is 0 Å². The topological polar surface area (TPSA) is 3.24 Å². The van der Waals surface area contributed by atoms with E-state index >= 15 is 0 Å². The third-order valence-corrected chi connectivity index (χ3v) is 3.85. The first-order chi connectivity index (χ1) is 8.28.